The zero-order valence-electron chi connectivity index (χ0n) is 22.1. The van der Waals surface area contributed by atoms with E-state index in [1.165, 1.54) is 18.2 Å². The van der Waals surface area contributed by atoms with Crippen LogP contribution < -0.4 is 24.3 Å². The largest absolute Gasteiger partial charge is 0.490 e. The summed E-state index contributed by atoms with van der Waals surface area (Å²) < 4.78 is 59.9. The molecule has 0 spiro atoms. The lowest BCUT2D eigenvalue weighted by Gasteiger charge is -2.31. The highest BCUT2D eigenvalue weighted by atomic mass is 32.2. The number of nitro benzene ring substituents is 1. The number of amides is 2. The third-order valence-corrected chi connectivity index (χ3v) is 6.83. The molecule has 1 aliphatic rings. The molecule has 3 aromatic rings. The van der Waals surface area contributed by atoms with Crippen LogP contribution >= 0.6 is 0 Å². The first-order chi connectivity index (χ1) is 19.3. The molecule has 0 bridgehead atoms. The number of nitrogens with zero attached hydrogens (tertiary/aromatic N) is 1. The number of hydrogen-bond acceptors (Lipinski definition) is 9. The van der Waals surface area contributed by atoms with Crippen molar-refractivity contribution in [2.75, 3.05) is 23.8 Å². The van der Waals surface area contributed by atoms with Gasteiger partial charge < -0.3 is 19.6 Å². The Hall–Kier alpha value is -4.63. The van der Waals surface area contributed by atoms with Gasteiger partial charge in [0.1, 0.15) is 0 Å². The molecule has 1 atom stereocenters. The standard InChI is InChI=1S/C26H26N4O9S2/c1-4-38-21-15-18(14-20(30(32)33)25(21)39-41(3,36)37)24-22(16-8-6-5-7-9-16)23(27-26(31)28-24)17-10-12-19(13-11-17)29-40(2,34)35/h5-15,24,29H,4H2,1-3H3,(H2,27,28,31). The molecule has 3 N–H and O–H groups in total. The molecule has 1 aliphatic heterocycles. The molecular formula is C26H26N4O9S2. The number of nitrogens with one attached hydrogen (secondary N) is 3. The number of benzene rings is 3. The Labute approximate surface area is 236 Å². The second-order valence-corrected chi connectivity index (χ2v) is 12.3. The maximum absolute atomic E-state index is 12.9. The Kier molecular flexibility index (Phi) is 8.21. The molecule has 0 radical (unpaired) electrons. The lowest BCUT2D eigenvalue weighted by molar-refractivity contribution is -0.385. The summed E-state index contributed by atoms with van der Waals surface area (Å²) in [6, 6.07) is 16.2. The van der Waals surface area contributed by atoms with Gasteiger partial charge in [0, 0.05) is 17.3 Å². The highest BCUT2D eigenvalue weighted by Crippen LogP contribution is 2.45. The van der Waals surface area contributed by atoms with Crippen LogP contribution in [-0.2, 0) is 20.1 Å². The summed E-state index contributed by atoms with van der Waals surface area (Å²) in [5.74, 6) is -0.775. The molecule has 41 heavy (non-hydrogen) atoms. The molecule has 3 aromatic carbocycles. The van der Waals surface area contributed by atoms with Crippen molar-refractivity contribution in [2.24, 2.45) is 0 Å². The van der Waals surface area contributed by atoms with Crippen molar-refractivity contribution in [1.29, 1.82) is 0 Å². The number of rotatable bonds is 10. The van der Waals surface area contributed by atoms with Crippen LogP contribution in [0.25, 0.3) is 11.3 Å². The van der Waals surface area contributed by atoms with E-state index in [-0.39, 0.29) is 17.9 Å². The highest BCUT2D eigenvalue weighted by Gasteiger charge is 2.34. The van der Waals surface area contributed by atoms with Crippen LogP contribution in [-0.4, -0.2) is 46.9 Å². The Morgan fingerprint density at radius 3 is 2.20 bits per heavy atom. The molecule has 0 aliphatic carbocycles. The minimum atomic E-state index is -4.15. The van der Waals surface area contributed by atoms with E-state index in [1.54, 1.807) is 49.4 Å². The molecule has 15 heteroatoms. The van der Waals surface area contributed by atoms with E-state index in [4.69, 9.17) is 8.92 Å². The van der Waals surface area contributed by atoms with Gasteiger partial charge in [-0.3, -0.25) is 14.8 Å². The van der Waals surface area contributed by atoms with Gasteiger partial charge in [0.05, 0.1) is 35.8 Å². The van der Waals surface area contributed by atoms with Gasteiger partial charge in [-0.15, -0.1) is 0 Å². The number of nitro groups is 1. The average molecular weight is 603 g/mol. The van der Waals surface area contributed by atoms with E-state index < -0.39 is 48.6 Å². The lowest BCUT2D eigenvalue weighted by Crippen LogP contribution is -2.43. The van der Waals surface area contributed by atoms with Gasteiger partial charge in [-0.25, -0.2) is 13.2 Å². The van der Waals surface area contributed by atoms with Gasteiger partial charge >= 0.3 is 21.8 Å². The Morgan fingerprint density at radius 1 is 0.976 bits per heavy atom. The van der Waals surface area contributed by atoms with Crippen LogP contribution in [0.1, 0.15) is 29.7 Å². The van der Waals surface area contributed by atoms with Gasteiger partial charge in [-0.1, -0.05) is 42.5 Å². The van der Waals surface area contributed by atoms with Crippen molar-refractivity contribution in [1.82, 2.24) is 10.6 Å². The predicted octanol–water partition coefficient (Wildman–Crippen LogP) is 3.63. The van der Waals surface area contributed by atoms with E-state index in [1.807, 2.05) is 0 Å². The van der Waals surface area contributed by atoms with E-state index >= 15 is 0 Å². The average Bonchev–Trinajstić information content (AvgIpc) is 2.88. The zero-order chi connectivity index (χ0) is 29.9. The molecule has 2 amide bonds. The minimum absolute atomic E-state index is 0.0415. The maximum Gasteiger partial charge on any atom is 0.320 e. The van der Waals surface area contributed by atoms with Gasteiger partial charge in [0.15, 0.2) is 5.75 Å². The number of carbonyl (C=O) groups excluding carboxylic acids is 1. The number of anilines is 1. The predicted molar refractivity (Wildman–Crippen MR) is 152 cm³/mol. The number of ether oxygens (including phenoxy) is 1. The second kappa shape index (κ2) is 11.5. The molecule has 4 rings (SSSR count). The van der Waals surface area contributed by atoms with Crippen molar-refractivity contribution >= 4 is 48.8 Å². The Balaban J connectivity index is 1.96. The molecular weight excluding hydrogens is 576 g/mol. The summed E-state index contributed by atoms with van der Waals surface area (Å²) in [5, 5.41) is 17.6. The third-order valence-electron chi connectivity index (χ3n) is 5.76. The quantitative estimate of drug-likeness (QED) is 0.177. The van der Waals surface area contributed by atoms with E-state index in [9.17, 15) is 31.7 Å². The Bertz CT molecular complexity index is 1740. The normalized spacial score (nSPS) is 15.5. The second-order valence-electron chi connectivity index (χ2n) is 8.98. The molecule has 0 aromatic heterocycles. The summed E-state index contributed by atoms with van der Waals surface area (Å²) in [5.41, 5.74) is 1.95. The third kappa shape index (κ3) is 7.12. The zero-order valence-corrected chi connectivity index (χ0v) is 23.7. The minimum Gasteiger partial charge on any atom is -0.490 e. The van der Waals surface area contributed by atoms with Crippen molar-refractivity contribution < 1.29 is 35.5 Å². The van der Waals surface area contributed by atoms with Gasteiger partial charge in [-0.05, 0) is 41.8 Å². The maximum atomic E-state index is 12.9. The van der Waals surface area contributed by atoms with E-state index in [0.29, 0.717) is 28.1 Å². The summed E-state index contributed by atoms with van der Waals surface area (Å²) >= 11 is 0. The summed E-state index contributed by atoms with van der Waals surface area (Å²) in [6.07, 6.45) is 1.78. The molecule has 0 saturated heterocycles. The molecule has 0 fully saturated rings. The number of carbonyl (C=O) groups is 1. The van der Waals surface area contributed by atoms with Gasteiger partial charge in [0.25, 0.3) is 5.75 Å². The van der Waals surface area contributed by atoms with Crippen molar-refractivity contribution in [3.8, 4) is 11.5 Å². The van der Waals surface area contributed by atoms with Crippen molar-refractivity contribution in [3.05, 3.63) is 93.5 Å². The van der Waals surface area contributed by atoms with Crippen LogP contribution in [0.15, 0.2) is 66.7 Å². The number of urea groups is 1. The van der Waals surface area contributed by atoms with Crippen LogP contribution in [0.5, 0.6) is 11.5 Å². The highest BCUT2D eigenvalue weighted by molar-refractivity contribution is 7.92. The van der Waals surface area contributed by atoms with Crippen LogP contribution in [0, 0.1) is 10.1 Å². The van der Waals surface area contributed by atoms with E-state index in [0.717, 1.165) is 18.6 Å². The van der Waals surface area contributed by atoms with Crippen LogP contribution in [0.4, 0.5) is 16.2 Å². The van der Waals surface area contributed by atoms with Crippen LogP contribution in [0.2, 0.25) is 0 Å². The molecule has 216 valence electrons. The molecule has 1 unspecified atom stereocenters. The van der Waals surface area contributed by atoms with Crippen molar-refractivity contribution in [3.63, 3.8) is 0 Å². The molecule has 13 nitrogen and oxygen atoms in total. The SMILES string of the molecule is CCOc1cc(C2NC(=O)NC(c3ccc(NS(C)(=O)=O)cc3)=C2c2ccccc2)cc([N+](=O)[O-])c1OS(C)(=O)=O. The number of hydrogen-bond donors (Lipinski definition) is 3. The fourth-order valence-electron chi connectivity index (χ4n) is 4.30. The monoisotopic (exact) mass is 602 g/mol. The van der Waals surface area contributed by atoms with Crippen LogP contribution in [0.3, 0.4) is 0 Å². The first kappa shape index (κ1) is 29.4. The van der Waals surface area contributed by atoms with Gasteiger partial charge in [0.2, 0.25) is 10.0 Å². The topological polar surface area (TPSA) is 183 Å². The van der Waals surface area contributed by atoms with Crippen molar-refractivity contribution in [2.45, 2.75) is 13.0 Å². The Morgan fingerprint density at radius 2 is 1.63 bits per heavy atom. The lowest BCUT2D eigenvalue weighted by atomic mass is 9.87. The van der Waals surface area contributed by atoms with E-state index in [2.05, 4.69) is 15.4 Å². The first-order valence-electron chi connectivity index (χ1n) is 12.1. The summed E-state index contributed by atoms with van der Waals surface area (Å²) in [7, 11) is -7.66. The molecule has 0 saturated carbocycles. The summed E-state index contributed by atoms with van der Waals surface area (Å²) in [4.78, 5) is 24.2. The fraction of sp³-hybridized carbons (Fsp3) is 0.192. The first-order valence-corrected chi connectivity index (χ1v) is 15.8. The van der Waals surface area contributed by atoms with Gasteiger partial charge in [-0.2, -0.15) is 8.42 Å². The number of sulfonamides is 1. The fourth-order valence-corrected chi connectivity index (χ4v) is 5.33. The smallest absolute Gasteiger partial charge is 0.320 e. The summed E-state index contributed by atoms with van der Waals surface area (Å²) in [6.45, 7) is 1.66. The molecule has 1 heterocycles.